The highest BCUT2D eigenvalue weighted by Gasteiger charge is 2.23. The SMILES string of the molecule is Cc1noc(CCCNC(=O)NC[C@](C)(O)c2ccccc2)n1. The molecular weight excluding hydrogens is 296 g/mol. The van der Waals surface area contributed by atoms with Crippen LogP contribution in [0.3, 0.4) is 0 Å². The first-order chi connectivity index (χ1) is 11.0. The predicted molar refractivity (Wildman–Crippen MR) is 84.8 cm³/mol. The molecule has 2 aromatic rings. The Balaban J connectivity index is 1.67. The predicted octanol–water partition coefficient (Wildman–Crippen LogP) is 1.52. The Bertz CT molecular complexity index is 625. The number of nitrogens with one attached hydrogen (secondary N) is 2. The zero-order valence-electron chi connectivity index (χ0n) is 13.4. The van der Waals surface area contributed by atoms with E-state index in [0.29, 0.717) is 31.1 Å². The Morgan fingerprint density at radius 3 is 2.70 bits per heavy atom. The van der Waals surface area contributed by atoms with Crippen LogP contribution in [0, 0.1) is 6.92 Å². The van der Waals surface area contributed by atoms with Gasteiger partial charge in [0, 0.05) is 13.0 Å². The fraction of sp³-hybridized carbons (Fsp3) is 0.438. The van der Waals surface area contributed by atoms with Gasteiger partial charge in [-0.3, -0.25) is 0 Å². The lowest BCUT2D eigenvalue weighted by Gasteiger charge is -2.24. The fourth-order valence-electron chi connectivity index (χ4n) is 2.10. The Labute approximate surface area is 135 Å². The first-order valence-electron chi connectivity index (χ1n) is 7.56. The largest absolute Gasteiger partial charge is 0.384 e. The van der Waals surface area contributed by atoms with E-state index < -0.39 is 5.60 Å². The average molecular weight is 318 g/mol. The minimum atomic E-state index is -1.11. The molecule has 0 aliphatic heterocycles. The molecular formula is C16H22N4O3. The molecule has 0 fully saturated rings. The number of aromatic nitrogens is 2. The van der Waals surface area contributed by atoms with E-state index in [1.165, 1.54) is 0 Å². The number of benzene rings is 1. The highest BCUT2D eigenvalue weighted by atomic mass is 16.5. The molecule has 0 aliphatic rings. The van der Waals surface area contributed by atoms with Crippen molar-refractivity contribution in [3.8, 4) is 0 Å². The summed E-state index contributed by atoms with van der Waals surface area (Å²) in [7, 11) is 0. The number of hydrogen-bond acceptors (Lipinski definition) is 5. The van der Waals surface area contributed by atoms with Crippen molar-refractivity contribution in [1.82, 2.24) is 20.8 Å². The zero-order valence-corrected chi connectivity index (χ0v) is 13.4. The Morgan fingerprint density at radius 1 is 1.30 bits per heavy atom. The summed E-state index contributed by atoms with van der Waals surface area (Å²) in [5.74, 6) is 1.17. The monoisotopic (exact) mass is 318 g/mol. The van der Waals surface area contributed by atoms with Crippen LogP contribution in [0.15, 0.2) is 34.9 Å². The average Bonchev–Trinajstić information content (AvgIpc) is 2.96. The van der Waals surface area contributed by atoms with Crippen LogP contribution in [0.1, 0.15) is 30.6 Å². The number of urea groups is 1. The molecule has 2 rings (SSSR count). The van der Waals surface area contributed by atoms with E-state index in [-0.39, 0.29) is 12.6 Å². The van der Waals surface area contributed by atoms with Gasteiger partial charge in [0.1, 0.15) is 5.60 Å². The van der Waals surface area contributed by atoms with Crippen LogP contribution < -0.4 is 10.6 Å². The molecule has 124 valence electrons. The molecule has 0 aliphatic carbocycles. The highest BCUT2D eigenvalue weighted by molar-refractivity contribution is 5.73. The molecule has 7 nitrogen and oxygen atoms in total. The first kappa shape index (κ1) is 17.0. The van der Waals surface area contributed by atoms with Crippen LogP contribution in [-0.4, -0.2) is 34.4 Å². The summed E-state index contributed by atoms with van der Waals surface area (Å²) in [5, 5.41) is 19.5. The van der Waals surface area contributed by atoms with Crippen LogP contribution in [0.25, 0.3) is 0 Å². The van der Waals surface area contributed by atoms with Crippen molar-refractivity contribution < 1.29 is 14.4 Å². The van der Waals surface area contributed by atoms with Crippen molar-refractivity contribution in [2.45, 2.75) is 32.3 Å². The summed E-state index contributed by atoms with van der Waals surface area (Å²) >= 11 is 0. The second-order valence-corrected chi connectivity index (χ2v) is 5.59. The van der Waals surface area contributed by atoms with Crippen molar-refractivity contribution in [1.29, 1.82) is 0 Å². The van der Waals surface area contributed by atoms with Crippen LogP contribution in [-0.2, 0) is 12.0 Å². The van der Waals surface area contributed by atoms with Gasteiger partial charge in [0.25, 0.3) is 0 Å². The maximum Gasteiger partial charge on any atom is 0.314 e. The van der Waals surface area contributed by atoms with Gasteiger partial charge in [0.2, 0.25) is 5.89 Å². The molecule has 0 radical (unpaired) electrons. The van der Waals surface area contributed by atoms with Crippen LogP contribution >= 0.6 is 0 Å². The zero-order chi connectivity index (χ0) is 16.7. The topological polar surface area (TPSA) is 100 Å². The van der Waals surface area contributed by atoms with Crippen molar-refractivity contribution in [3.63, 3.8) is 0 Å². The van der Waals surface area contributed by atoms with Gasteiger partial charge in [0.15, 0.2) is 5.82 Å². The number of aryl methyl sites for hydroxylation is 2. The van der Waals surface area contributed by atoms with E-state index in [1.807, 2.05) is 30.3 Å². The molecule has 0 unspecified atom stereocenters. The van der Waals surface area contributed by atoms with E-state index in [9.17, 15) is 9.90 Å². The summed E-state index contributed by atoms with van der Waals surface area (Å²) in [5.41, 5.74) is -0.355. The molecule has 0 saturated heterocycles. The third-order valence-electron chi connectivity index (χ3n) is 3.41. The molecule has 1 atom stereocenters. The molecule has 0 saturated carbocycles. The molecule has 0 spiro atoms. The molecule has 7 heteroatoms. The minimum absolute atomic E-state index is 0.131. The van der Waals surface area contributed by atoms with Gasteiger partial charge in [0.05, 0.1) is 6.54 Å². The lowest BCUT2D eigenvalue weighted by atomic mass is 9.96. The quantitative estimate of drug-likeness (QED) is 0.672. The normalized spacial score (nSPS) is 13.3. The maximum absolute atomic E-state index is 11.8. The maximum atomic E-state index is 11.8. The van der Waals surface area contributed by atoms with Gasteiger partial charge in [-0.2, -0.15) is 4.98 Å². The third-order valence-corrected chi connectivity index (χ3v) is 3.41. The van der Waals surface area contributed by atoms with E-state index in [2.05, 4.69) is 20.8 Å². The number of rotatable bonds is 7. The van der Waals surface area contributed by atoms with E-state index in [1.54, 1.807) is 13.8 Å². The molecule has 0 bridgehead atoms. The summed E-state index contributed by atoms with van der Waals surface area (Å²) in [6, 6.07) is 8.91. The second-order valence-electron chi connectivity index (χ2n) is 5.59. The lowest BCUT2D eigenvalue weighted by Crippen LogP contribution is -2.43. The number of amides is 2. The minimum Gasteiger partial charge on any atom is -0.384 e. The number of nitrogens with zero attached hydrogens (tertiary/aromatic N) is 2. The van der Waals surface area contributed by atoms with Crippen LogP contribution in [0.5, 0.6) is 0 Å². The van der Waals surface area contributed by atoms with Crippen molar-refractivity contribution in [3.05, 3.63) is 47.6 Å². The van der Waals surface area contributed by atoms with Crippen LogP contribution in [0.2, 0.25) is 0 Å². The summed E-state index contributed by atoms with van der Waals surface area (Å²) in [6.07, 6.45) is 1.31. The summed E-state index contributed by atoms with van der Waals surface area (Å²) < 4.78 is 4.99. The number of carbonyl (C=O) groups is 1. The van der Waals surface area contributed by atoms with Gasteiger partial charge in [-0.15, -0.1) is 0 Å². The standard InChI is InChI=1S/C16H22N4O3/c1-12-19-14(23-20-12)9-6-10-17-15(21)18-11-16(2,22)13-7-4-3-5-8-13/h3-5,7-8,22H,6,9-11H2,1-2H3,(H2,17,18,21)/t16-/m0/s1. The molecule has 1 aromatic carbocycles. The van der Waals surface area contributed by atoms with Gasteiger partial charge >= 0.3 is 6.03 Å². The number of carbonyl (C=O) groups excluding carboxylic acids is 1. The molecule has 2 amide bonds. The second kappa shape index (κ2) is 7.73. The molecule has 3 N–H and O–H groups in total. The first-order valence-corrected chi connectivity index (χ1v) is 7.56. The molecule has 1 aromatic heterocycles. The highest BCUT2D eigenvalue weighted by Crippen LogP contribution is 2.18. The lowest BCUT2D eigenvalue weighted by molar-refractivity contribution is 0.0594. The van der Waals surface area contributed by atoms with Crippen molar-refractivity contribution in [2.75, 3.05) is 13.1 Å². The summed E-state index contributed by atoms with van der Waals surface area (Å²) in [6.45, 7) is 4.05. The smallest absolute Gasteiger partial charge is 0.314 e. The third kappa shape index (κ3) is 5.37. The number of hydrogen-bond donors (Lipinski definition) is 3. The van der Waals surface area contributed by atoms with E-state index in [4.69, 9.17) is 4.52 Å². The molecule has 23 heavy (non-hydrogen) atoms. The fourth-order valence-corrected chi connectivity index (χ4v) is 2.10. The van der Waals surface area contributed by atoms with Crippen molar-refractivity contribution in [2.24, 2.45) is 0 Å². The summed E-state index contributed by atoms with van der Waals surface area (Å²) in [4.78, 5) is 15.8. The van der Waals surface area contributed by atoms with E-state index >= 15 is 0 Å². The molecule has 1 heterocycles. The Hall–Kier alpha value is -2.41. The van der Waals surface area contributed by atoms with Gasteiger partial charge in [-0.1, -0.05) is 35.5 Å². The number of aliphatic hydroxyl groups is 1. The Kier molecular flexibility index (Phi) is 5.70. The van der Waals surface area contributed by atoms with Gasteiger partial charge in [-0.05, 0) is 25.8 Å². The van der Waals surface area contributed by atoms with Crippen LogP contribution in [0.4, 0.5) is 4.79 Å². The van der Waals surface area contributed by atoms with Gasteiger partial charge in [-0.25, -0.2) is 4.79 Å². The van der Waals surface area contributed by atoms with Crippen molar-refractivity contribution >= 4 is 6.03 Å². The van der Waals surface area contributed by atoms with E-state index in [0.717, 1.165) is 5.56 Å². The Morgan fingerprint density at radius 2 is 2.04 bits per heavy atom. The van der Waals surface area contributed by atoms with Gasteiger partial charge < -0.3 is 20.3 Å².